The lowest BCUT2D eigenvalue weighted by molar-refractivity contribution is -0.141. The first-order valence-electron chi connectivity index (χ1n) is 6.01. The van der Waals surface area contributed by atoms with Gasteiger partial charge in [-0.3, -0.25) is 4.79 Å². The van der Waals surface area contributed by atoms with Gasteiger partial charge in [0.15, 0.2) is 0 Å². The lowest BCUT2D eigenvalue weighted by Gasteiger charge is -2.17. The van der Waals surface area contributed by atoms with Crippen LogP contribution in [0.2, 0.25) is 0 Å². The number of hydrogen-bond donors (Lipinski definition) is 1. The summed E-state index contributed by atoms with van der Waals surface area (Å²) in [6.07, 6.45) is 1.40. The number of carboxylic acids is 1. The first kappa shape index (κ1) is 13.4. The summed E-state index contributed by atoms with van der Waals surface area (Å²) < 4.78 is 6.78. The third-order valence-corrected chi connectivity index (χ3v) is 3.73. The maximum Gasteiger partial charge on any atom is 0.306 e. The van der Waals surface area contributed by atoms with Gasteiger partial charge in [-0.2, -0.15) is 0 Å². The molecule has 18 heavy (non-hydrogen) atoms. The minimum atomic E-state index is -0.761. The van der Waals surface area contributed by atoms with E-state index in [1.165, 1.54) is 0 Å². The van der Waals surface area contributed by atoms with Gasteiger partial charge < -0.3 is 9.84 Å². The molecule has 1 N–H and O–H groups in total. The van der Waals surface area contributed by atoms with Gasteiger partial charge in [0.2, 0.25) is 0 Å². The molecule has 1 atom stereocenters. The molecular weight excluding hydrogens is 296 g/mol. The van der Waals surface area contributed by atoms with Crippen LogP contribution in [-0.4, -0.2) is 16.7 Å². The Hall–Kier alpha value is -1.03. The molecular formula is C14H17BrO3. The fourth-order valence-electron chi connectivity index (χ4n) is 2.29. The van der Waals surface area contributed by atoms with E-state index in [0.717, 1.165) is 27.8 Å². The van der Waals surface area contributed by atoms with Crippen molar-refractivity contribution in [1.29, 1.82) is 0 Å². The molecule has 0 spiro atoms. The van der Waals surface area contributed by atoms with Gasteiger partial charge in [0.1, 0.15) is 11.4 Å². The Labute approximate surface area is 115 Å². The van der Waals surface area contributed by atoms with Crippen molar-refractivity contribution in [3.8, 4) is 5.75 Å². The van der Waals surface area contributed by atoms with Crippen molar-refractivity contribution >= 4 is 21.9 Å². The van der Waals surface area contributed by atoms with E-state index in [9.17, 15) is 4.79 Å². The summed E-state index contributed by atoms with van der Waals surface area (Å²) in [7, 11) is 0. The lowest BCUT2D eigenvalue weighted by Crippen LogP contribution is -2.24. The van der Waals surface area contributed by atoms with Gasteiger partial charge in [-0.25, -0.2) is 0 Å². The molecule has 0 aromatic heterocycles. The van der Waals surface area contributed by atoms with Crippen LogP contribution in [0, 0.1) is 5.92 Å². The summed E-state index contributed by atoms with van der Waals surface area (Å²) >= 11 is 3.50. The quantitative estimate of drug-likeness (QED) is 0.930. The van der Waals surface area contributed by atoms with Crippen molar-refractivity contribution in [2.75, 3.05) is 0 Å². The monoisotopic (exact) mass is 312 g/mol. The number of benzene rings is 1. The Bertz CT molecular complexity index is 494. The molecule has 0 saturated heterocycles. The van der Waals surface area contributed by atoms with E-state index in [-0.39, 0.29) is 11.5 Å². The molecule has 0 aliphatic carbocycles. The fraction of sp³-hybridized carbons (Fsp3) is 0.500. The Morgan fingerprint density at radius 3 is 2.83 bits per heavy atom. The number of ether oxygens (including phenoxy) is 1. The summed E-state index contributed by atoms with van der Waals surface area (Å²) in [4.78, 5) is 10.9. The molecule has 1 unspecified atom stereocenters. The molecule has 0 amide bonds. The van der Waals surface area contributed by atoms with Crippen LogP contribution in [0.1, 0.15) is 31.9 Å². The second kappa shape index (κ2) is 4.57. The van der Waals surface area contributed by atoms with E-state index < -0.39 is 5.97 Å². The molecule has 1 aromatic rings. The smallest absolute Gasteiger partial charge is 0.306 e. The van der Waals surface area contributed by atoms with Crippen LogP contribution in [0.25, 0.3) is 0 Å². The predicted octanol–water partition coefficient (Wildman–Crippen LogP) is 3.43. The molecule has 3 nitrogen and oxygen atoms in total. The molecule has 0 bridgehead atoms. The summed E-state index contributed by atoms with van der Waals surface area (Å²) in [6, 6.07) is 4.02. The van der Waals surface area contributed by atoms with Crippen molar-refractivity contribution in [3.63, 3.8) is 0 Å². The number of aliphatic carboxylic acids is 1. The van der Waals surface area contributed by atoms with Crippen LogP contribution in [-0.2, 0) is 17.6 Å². The Morgan fingerprint density at radius 2 is 2.22 bits per heavy atom. The van der Waals surface area contributed by atoms with Crippen LogP contribution >= 0.6 is 15.9 Å². The minimum absolute atomic E-state index is 0.179. The van der Waals surface area contributed by atoms with Crippen molar-refractivity contribution in [3.05, 3.63) is 27.7 Å². The van der Waals surface area contributed by atoms with Crippen LogP contribution in [0.3, 0.4) is 0 Å². The SMILES string of the molecule is CC(Cc1cc(Br)c2c(c1)CC(C)(C)O2)C(=O)O. The van der Waals surface area contributed by atoms with E-state index in [2.05, 4.69) is 35.8 Å². The van der Waals surface area contributed by atoms with E-state index in [1.807, 2.05) is 6.07 Å². The summed E-state index contributed by atoms with van der Waals surface area (Å²) in [5, 5.41) is 8.95. The molecule has 1 aromatic carbocycles. The first-order valence-corrected chi connectivity index (χ1v) is 6.81. The number of halogens is 1. The van der Waals surface area contributed by atoms with E-state index >= 15 is 0 Å². The Kier molecular flexibility index (Phi) is 3.41. The number of fused-ring (bicyclic) bond motifs is 1. The second-order valence-electron chi connectivity index (χ2n) is 5.55. The second-order valence-corrected chi connectivity index (χ2v) is 6.40. The Morgan fingerprint density at radius 1 is 1.56 bits per heavy atom. The van der Waals surface area contributed by atoms with Crippen LogP contribution in [0.15, 0.2) is 16.6 Å². The highest BCUT2D eigenvalue weighted by Gasteiger charge is 2.32. The molecule has 1 aliphatic rings. The zero-order valence-corrected chi connectivity index (χ0v) is 12.4. The van der Waals surface area contributed by atoms with Crippen molar-refractivity contribution in [2.24, 2.45) is 5.92 Å². The van der Waals surface area contributed by atoms with Crippen molar-refractivity contribution in [2.45, 2.75) is 39.2 Å². The largest absolute Gasteiger partial charge is 0.486 e. The third-order valence-electron chi connectivity index (χ3n) is 3.14. The number of carbonyl (C=O) groups is 1. The maximum atomic E-state index is 10.9. The first-order chi connectivity index (χ1) is 8.28. The zero-order valence-electron chi connectivity index (χ0n) is 10.8. The van der Waals surface area contributed by atoms with Gasteiger partial charge in [0.05, 0.1) is 10.4 Å². The maximum absolute atomic E-state index is 10.9. The topological polar surface area (TPSA) is 46.5 Å². The standard InChI is InChI=1S/C14H17BrO3/c1-8(13(16)17)4-9-5-10-7-14(2,3)18-12(10)11(15)6-9/h5-6,8H,4,7H2,1-3H3,(H,16,17). The predicted molar refractivity (Wildman–Crippen MR) is 73.1 cm³/mol. The van der Waals surface area contributed by atoms with Gasteiger partial charge in [-0.05, 0) is 53.4 Å². The summed E-state index contributed by atoms with van der Waals surface area (Å²) in [5.74, 6) is -0.236. The normalized spacial score (nSPS) is 18.0. The summed E-state index contributed by atoms with van der Waals surface area (Å²) in [5.41, 5.74) is 2.01. The summed E-state index contributed by atoms with van der Waals surface area (Å²) in [6.45, 7) is 5.84. The fourth-order valence-corrected chi connectivity index (χ4v) is 2.92. The van der Waals surface area contributed by atoms with E-state index in [0.29, 0.717) is 6.42 Å². The average molecular weight is 313 g/mol. The molecule has 0 saturated carbocycles. The highest BCUT2D eigenvalue weighted by molar-refractivity contribution is 9.10. The van der Waals surface area contributed by atoms with Crippen LogP contribution < -0.4 is 4.74 Å². The number of hydrogen-bond acceptors (Lipinski definition) is 2. The molecule has 1 aliphatic heterocycles. The van der Waals surface area contributed by atoms with Gasteiger partial charge >= 0.3 is 5.97 Å². The average Bonchev–Trinajstić information content (AvgIpc) is 2.53. The number of rotatable bonds is 3. The van der Waals surface area contributed by atoms with Gasteiger partial charge in [0, 0.05) is 6.42 Å². The van der Waals surface area contributed by atoms with Crippen molar-refractivity contribution in [1.82, 2.24) is 0 Å². The molecule has 98 valence electrons. The van der Waals surface area contributed by atoms with E-state index in [4.69, 9.17) is 9.84 Å². The lowest BCUT2D eigenvalue weighted by atomic mass is 9.96. The van der Waals surface area contributed by atoms with Crippen LogP contribution in [0.5, 0.6) is 5.75 Å². The highest BCUT2D eigenvalue weighted by Crippen LogP contribution is 2.41. The van der Waals surface area contributed by atoms with Gasteiger partial charge in [-0.15, -0.1) is 0 Å². The molecule has 0 radical (unpaired) electrons. The van der Waals surface area contributed by atoms with E-state index in [1.54, 1.807) is 6.92 Å². The highest BCUT2D eigenvalue weighted by atomic mass is 79.9. The molecule has 2 rings (SSSR count). The Balaban J connectivity index is 2.27. The van der Waals surface area contributed by atoms with Crippen molar-refractivity contribution < 1.29 is 14.6 Å². The number of carboxylic acid groups (broad SMARTS) is 1. The minimum Gasteiger partial charge on any atom is -0.486 e. The third kappa shape index (κ3) is 2.69. The molecule has 0 fully saturated rings. The molecule has 4 heteroatoms. The van der Waals surface area contributed by atoms with Gasteiger partial charge in [-0.1, -0.05) is 13.0 Å². The van der Waals surface area contributed by atoms with Crippen LogP contribution in [0.4, 0.5) is 0 Å². The zero-order chi connectivity index (χ0) is 13.5. The molecule has 1 heterocycles. The van der Waals surface area contributed by atoms with Gasteiger partial charge in [0.25, 0.3) is 0 Å².